The molecule has 0 radical (unpaired) electrons. The number of nitrogens with zero attached hydrogens (tertiary/aromatic N) is 1. The Morgan fingerprint density at radius 2 is 1.68 bits per heavy atom. The highest BCUT2D eigenvalue weighted by Crippen LogP contribution is 2.13. The molecular weight excluding hydrogens is 300 g/mol. The molecule has 0 aliphatic heterocycles. The van der Waals surface area contributed by atoms with Gasteiger partial charge < -0.3 is 10.2 Å². The van der Waals surface area contributed by atoms with Gasteiger partial charge in [0, 0.05) is 29.8 Å². The quantitative estimate of drug-likeness (QED) is 0.866. The molecule has 0 atom stereocenters. The summed E-state index contributed by atoms with van der Waals surface area (Å²) < 4.78 is 1.11. The minimum Gasteiger partial charge on any atom is -0.384 e. The maximum Gasteiger partial charge on any atom is 0.0341 e. The Bertz CT molecular complexity index is 482. The molecular formula is C16H19BrN2. The highest BCUT2D eigenvalue weighted by Gasteiger charge is 1.99. The number of likely N-dealkylation sites (N-methyl/N-ethyl adjacent to an activating group) is 1. The number of benzene rings is 2. The molecule has 2 nitrogen and oxygen atoms in total. The minimum absolute atomic E-state index is 0.949. The lowest BCUT2D eigenvalue weighted by Gasteiger charge is -2.17. The molecule has 0 heterocycles. The van der Waals surface area contributed by atoms with Crippen molar-refractivity contribution in [1.82, 2.24) is 4.90 Å². The Morgan fingerprint density at radius 1 is 1.00 bits per heavy atom. The van der Waals surface area contributed by atoms with Crippen molar-refractivity contribution in [2.24, 2.45) is 0 Å². The van der Waals surface area contributed by atoms with Crippen LogP contribution >= 0.6 is 15.9 Å². The summed E-state index contributed by atoms with van der Waals surface area (Å²) in [5.41, 5.74) is 2.52. The minimum atomic E-state index is 0.949. The standard InChI is InChI=1S/C16H19BrN2/c1-19(13-14-5-3-2-4-6-14)12-11-18-16-9-7-15(17)8-10-16/h2-10,18H,11-13H2,1H3. The van der Waals surface area contributed by atoms with Crippen LogP contribution in [-0.4, -0.2) is 25.0 Å². The lowest BCUT2D eigenvalue weighted by Crippen LogP contribution is -2.24. The van der Waals surface area contributed by atoms with E-state index >= 15 is 0 Å². The molecule has 0 saturated heterocycles. The first-order chi connectivity index (χ1) is 9.24. The monoisotopic (exact) mass is 318 g/mol. The molecule has 0 aromatic heterocycles. The van der Waals surface area contributed by atoms with Gasteiger partial charge in [-0.2, -0.15) is 0 Å². The molecule has 0 saturated carbocycles. The zero-order chi connectivity index (χ0) is 13.5. The molecule has 0 fully saturated rings. The predicted molar refractivity (Wildman–Crippen MR) is 85.4 cm³/mol. The van der Waals surface area contributed by atoms with E-state index in [4.69, 9.17) is 0 Å². The molecule has 0 amide bonds. The van der Waals surface area contributed by atoms with Crippen molar-refractivity contribution in [3.63, 3.8) is 0 Å². The lowest BCUT2D eigenvalue weighted by atomic mass is 10.2. The van der Waals surface area contributed by atoms with Crippen molar-refractivity contribution in [1.29, 1.82) is 0 Å². The van der Waals surface area contributed by atoms with E-state index in [1.54, 1.807) is 0 Å². The molecule has 1 N–H and O–H groups in total. The summed E-state index contributed by atoms with van der Waals surface area (Å²) in [6, 6.07) is 18.8. The van der Waals surface area contributed by atoms with Gasteiger partial charge in [0.1, 0.15) is 0 Å². The number of hydrogen-bond donors (Lipinski definition) is 1. The Morgan fingerprint density at radius 3 is 2.37 bits per heavy atom. The number of rotatable bonds is 6. The van der Waals surface area contributed by atoms with Gasteiger partial charge >= 0.3 is 0 Å². The van der Waals surface area contributed by atoms with E-state index < -0.39 is 0 Å². The van der Waals surface area contributed by atoms with Gasteiger partial charge in [-0.15, -0.1) is 0 Å². The maximum atomic E-state index is 3.44. The average molecular weight is 319 g/mol. The van der Waals surface area contributed by atoms with Crippen molar-refractivity contribution in [2.45, 2.75) is 6.54 Å². The van der Waals surface area contributed by atoms with Gasteiger partial charge in [-0.3, -0.25) is 0 Å². The number of halogens is 1. The van der Waals surface area contributed by atoms with Crippen LogP contribution in [0.25, 0.3) is 0 Å². The van der Waals surface area contributed by atoms with Crippen LogP contribution in [0.2, 0.25) is 0 Å². The van der Waals surface area contributed by atoms with Crippen LogP contribution in [0.1, 0.15) is 5.56 Å². The molecule has 0 unspecified atom stereocenters. The molecule has 2 aromatic rings. The molecule has 0 bridgehead atoms. The summed E-state index contributed by atoms with van der Waals surface area (Å²) in [6.07, 6.45) is 0. The van der Waals surface area contributed by atoms with E-state index in [2.05, 4.69) is 87.8 Å². The van der Waals surface area contributed by atoms with Crippen molar-refractivity contribution >= 4 is 21.6 Å². The largest absolute Gasteiger partial charge is 0.384 e. The van der Waals surface area contributed by atoms with Gasteiger partial charge in [-0.1, -0.05) is 46.3 Å². The molecule has 100 valence electrons. The van der Waals surface area contributed by atoms with Crippen LogP contribution in [-0.2, 0) is 6.54 Å². The van der Waals surface area contributed by atoms with E-state index in [9.17, 15) is 0 Å². The predicted octanol–water partition coefficient (Wildman–Crippen LogP) is 3.99. The second-order valence-corrected chi connectivity index (χ2v) is 5.57. The van der Waals surface area contributed by atoms with Crippen LogP contribution in [0.3, 0.4) is 0 Å². The molecule has 2 rings (SSSR count). The first kappa shape index (κ1) is 14.1. The Labute approximate surface area is 123 Å². The summed E-state index contributed by atoms with van der Waals surface area (Å²) in [5.74, 6) is 0. The fourth-order valence-corrected chi connectivity index (χ4v) is 2.20. The fourth-order valence-electron chi connectivity index (χ4n) is 1.93. The van der Waals surface area contributed by atoms with Crippen molar-refractivity contribution in [3.05, 3.63) is 64.6 Å². The Hall–Kier alpha value is -1.32. The molecule has 0 aliphatic carbocycles. The fraction of sp³-hybridized carbons (Fsp3) is 0.250. The van der Waals surface area contributed by atoms with Crippen molar-refractivity contribution in [3.8, 4) is 0 Å². The van der Waals surface area contributed by atoms with E-state index in [0.29, 0.717) is 0 Å². The van der Waals surface area contributed by atoms with E-state index in [1.165, 1.54) is 5.56 Å². The van der Waals surface area contributed by atoms with Crippen LogP contribution in [0.15, 0.2) is 59.1 Å². The third-order valence-corrected chi connectivity index (χ3v) is 3.49. The summed E-state index contributed by atoms with van der Waals surface area (Å²) >= 11 is 3.44. The SMILES string of the molecule is CN(CCNc1ccc(Br)cc1)Cc1ccccc1. The van der Waals surface area contributed by atoms with Crippen LogP contribution < -0.4 is 5.32 Å². The van der Waals surface area contributed by atoms with Gasteiger partial charge in [0.05, 0.1) is 0 Å². The molecule has 3 heteroatoms. The van der Waals surface area contributed by atoms with Crippen LogP contribution in [0.5, 0.6) is 0 Å². The average Bonchev–Trinajstić information content (AvgIpc) is 2.42. The summed E-state index contributed by atoms with van der Waals surface area (Å²) in [6.45, 7) is 2.96. The van der Waals surface area contributed by atoms with Crippen LogP contribution in [0.4, 0.5) is 5.69 Å². The smallest absolute Gasteiger partial charge is 0.0341 e. The van der Waals surface area contributed by atoms with Gasteiger partial charge in [0.15, 0.2) is 0 Å². The Kier molecular flexibility index (Phi) is 5.43. The number of nitrogens with one attached hydrogen (secondary N) is 1. The topological polar surface area (TPSA) is 15.3 Å². The van der Waals surface area contributed by atoms with E-state index in [0.717, 1.165) is 29.8 Å². The third-order valence-electron chi connectivity index (χ3n) is 2.96. The third kappa shape index (κ3) is 5.05. The second kappa shape index (κ2) is 7.31. The number of anilines is 1. The van der Waals surface area contributed by atoms with Gasteiger partial charge in [0.25, 0.3) is 0 Å². The number of hydrogen-bond acceptors (Lipinski definition) is 2. The molecule has 0 spiro atoms. The summed E-state index contributed by atoms with van der Waals surface area (Å²) in [5, 5.41) is 3.43. The normalized spacial score (nSPS) is 10.7. The van der Waals surface area contributed by atoms with Crippen molar-refractivity contribution < 1.29 is 0 Å². The zero-order valence-corrected chi connectivity index (χ0v) is 12.7. The summed E-state index contributed by atoms with van der Waals surface area (Å²) in [7, 11) is 2.15. The molecule has 19 heavy (non-hydrogen) atoms. The molecule has 0 aliphatic rings. The first-order valence-electron chi connectivity index (χ1n) is 6.46. The summed E-state index contributed by atoms with van der Waals surface area (Å²) in [4.78, 5) is 2.32. The van der Waals surface area contributed by atoms with Gasteiger partial charge in [-0.25, -0.2) is 0 Å². The highest BCUT2D eigenvalue weighted by molar-refractivity contribution is 9.10. The Balaban J connectivity index is 1.72. The maximum absolute atomic E-state index is 3.44. The van der Waals surface area contributed by atoms with E-state index in [-0.39, 0.29) is 0 Å². The highest BCUT2D eigenvalue weighted by atomic mass is 79.9. The second-order valence-electron chi connectivity index (χ2n) is 4.66. The van der Waals surface area contributed by atoms with Crippen molar-refractivity contribution in [2.75, 3.05) is 25.5 Å². The van der Waals surface area contributed by atoms with Gasteiger partial charge in [0.2, 0.25) is 0 Å². The van der Waals surface area contributed by atoms with Gasteiger partial charge in [-0.05, 0) is 36.9 Å². The van der Waals surface area contributed by atoms with Crippen LogP contribution in [0, 0.1) is 0 Å². The zero-order valence-electron chi connectivity index (χ0n) is 11.1. The molecule has 2 aromatic carbocycles. The van der Waals surface area contributed by atoms with E-state index in [1.807, 2.05) is 0 Å². The lowest BCUT2D eigenvalue weighted by molar-refractivity contribution is 0.340. The first-order valence-corrected chi connectivity index (χ1v) is 7.25.